The molecule has 3 aliphatic rings. The third kappa shape index (κ3) is 2.75. The van der Waals surface area contributed by atoms with Gasteiger partial charge in [0.05, 0.1) is 18.0 Å². The number of nitrogens with zero attached hydrogens (tertiary/aromatic N) is 1. The lowest BCUT2D eigenvalue weighted by Gasteiger charge is -2.54. The minimum absolute atomic E-state index is 0.144. The Morgan fingerprint density at radius 1 is 1.50 bits per heavy atom. The van der Waals surface area contributed by atoms with E-state index in [0.717, 1.165) is 6.42 Å². The summed E-state index contributed by atoms with van der Waals surface area (Å²) in [6.45, 7) is 0.857. The Morgan fingerprint density at radius 2 is 2.25 bits per heavy atom. The van der Waals surface area contributed by atoms with Crippen molar-refractivity contribution in [3.05, 3.63) is 0 Å². The number of nitrogens with two attached hydrogens (primary N) is 1. The second kappa shape index (κ2) is 5.96. The molecule has 2 amide bonds. The summed E-state index contributed by atoms with van der Waals surface area (Å²) >= 11 is 0. The molecule has 8 heteroatoms. The van der Waals surface area contributed by atoms with E-state index in [9.17, 15) is 23.6 Å². The van der Waals surface area contributed by atoms with Gasteiger partial charge in [0.25, 0.3) is 5.92 Å². The Morgan fingerprint density at radius 3 is 2.79 bits per heavy atom. The zero-order valence-corrected chi connectivity index (χ0v) is 13.4. The van der Waals surface area contributed by atoms with Crippen molar-refractivity contribution < 1.29 is 18.4 Å². The highest BCUT2D eigenvalue weighted by molar-refractivity contribution is 5.80. The second-order valence-electron chi connectivity index (χ2n) is 7.42. The van der Waals surface area contributed by atoms with E-state index >= 15 is 0 Å². The first-order valence-corrected chi connectivity index (χ1v) is 8.37. The highest BCUT2D eigenvalue weighted by atomic mass is 19.3. The van der Waals surface area contributed by atoms with E-state index in [1.165, 1.54) is 0 Å². The van der Waals surface area contributed by atoms with Crippen LogP contribution in [-0.4, -0.2) is 36.9 Å². The number of rotatable bonds is 4. The van der Waals surface area contributed by atoms with Crippen LogP contribution in [0.3, 0.4) is 0 Å². The van der Waals surface area contributed by atoms with Crippen molar-refractivity contribution in [2.45, 2.75) is 44.1 Å². The number of halogens is 2. The summed E-state index contributed by atoms with van der Waals surface area (Å²) in [6.07, 6.45) is 1.46. The minimum atomic E-state index is -2.94. The van der Waals surface area contributed by atoms with Crippen molar-refractivity contribution >= 4 is 11.8 Å². The number of carbonyl (C=O) groups is 2. The summed E-state index contributed by atoms with van der Waals surface area (Å²) in [7, 11) is 0. The molecule has 0 aromatic rings. The van der Waals surface area contributed by atoms with Gasteiger partial charge in [-0.15, -0.1) is 0 Å². The molecule has 3 fully saturated rings. The maximum absolute atomic E-state index is 14.3. The Balaban J connectivity index is 1.77. The number of carbonyl (C=O) groups excluding carboxylic acids is 2. The van der Waals surface area contributed by atoms with Gasteiger partial charge in [-0.05, 0) is 25.7 Å². The van der Waals surface area contributed by atoms with E-state index < -0.39 is 41.0 Å². The summed E-state index contributed by atoms with van der Waals surface area (Å²) in [4.78, 5) is 23.3. The number of nitrogens with one attached hydrogen (secondary N) is 2. The summed E-state index contributed by atoms with van der Waals surface area (Å²) in [5.74, 6) is -6.09. The van der Waals surface area contributed by atoms with E-state index in [0.29, 0.717) is 13.0 Å². The zero-order valence-electron chi connectivity index (χ0n) is 13.4. The van der Waals surface area contributed by atoms with E-state index in [1.807, 2.05) is 6.07 Å². The van der Waals surface area contributed by atoms with Crippen molar-refractivity contribution in [3.63, 3.8) is 0 Å². The summed E-state index contributed by atoms with van der Waals surface area (Å²) in [5, 5.41) is 15.1. The number of amides is 2. The lowest BCUT2D eigenvalue weighted by Crippen LogP contribution is -2.60. The first-order chi connectivity index (χ1) is 11.3. The van der Waals surface area contributed by atoms with Crippen LogP contribution in [0.15, 0.2) is 0 Å². The zero-order chi connectivity index (χ0) is 17.5. The SMILES string of the molecule is N#C[C@@H](C[C@@H]1CCCNC1=O)C1C(F)(F)CC12CNC(C(N)=O)C2. The maximum atomic E-state index is 14.3. The van der Waals surface area contributed by atoms with Crippen molar-refractivity contribution in [1.29, 1.82) is 5.26 Å². The van der Waals surface area contributed by atoms with E-state index in [1.54, 1.807) is 0 Å². The lowest BCUT2D eigenvalue weighted by atomic mass is 9.51. The topological polar surface area (TPSA) is 108 Å². The van der Waals surface area contributed by atoms with E-state index in [4.69, 9.17) is 5.73 Å². The fraction of sp³-hybridized carbons (Fsp3) is 0.812. The molecule has 3 rings (SSSR count). The minimum Gasteiger partial charge on any atom is -0.368 e. The number of hydrogen-bond acceptors (Lipinski definition) is 4. The number of nitriles is 1. The van der Waals surface area contributed by atoms with Gasteiger partial charge < -0.3 is 16.4 Å². The average Bonchev–Trinajstić information content (AvgIpc) is 2.93. The standard InChI is InChI=1S/C16H22F2N4O2/c17-16(18)7-15(5-11(13(20)23)22-8-15)12(16)10(6-19)4-9-2-1-3-21-14(9)24/h9-12,22H,1-5,7-8H2,(H2,20,23)(H,21,24)/t9-,10+,11?,12?,15?/m0/s1. The summed E-state index contributed by atoms with van der Waals surface area (Å²) < 4.78 is 28.6. The van der Waals surface area contributed by atoms with Crippen LogP contribution in [0.4, 0.5) is 8.78 Å². The molecule has 5 atom stereocenters. The van der Waals surface area contributed by atoms with E-state index in [2.05, 4.69) is 10.6 Å². The third-order valence-electron chi connectivity index (χ3n) is 5.86. The van der Waals surface area contributed by atoms with Crippen LogP contribution in [0.25, 0.3) is 0 Å². The molecule has 132 valence electrons. The Kier molecular flexibility index (Phi) is 4.24. The predicted octanol–water partition coefficient (Wildman–Crippen LogP) is 0.531. The fourth-order valence-electron chi connectivity index (χ4n) is 4.81. The largest absolute Gasteiger partial charge is 0.368 e. The van der Waals surface area contributed by atoms with Crippen LogP contribution in [0.2, 0.25) is 0 Å². The first-order valence-electron chi connectivity index (χ1n) is 8.37. The average molecular weight is 340 g/mol. The second-order valence-corrected chi connectivity index (χ2v) is 7.42. The smallest absolute Gasteiger partial charge is 0.253 e. The lowest BCUT2D eigenvalue weighted by molar-refractivity contribution is -0.233. The van der Waals surface area contributed by atoms with Gasteiger partial charge in [0.2, 0.25) is 11.8 Å². The van der Waals surface area contributed by atoms with Gasteiger partial charge in [0.1, 0.15) is 0 Å². The van der Waals surface area contributed by atoms with Crippen molar-refractivity contribution in [1.82, 2.24) is 10.6 Å². The Labute approximate surface area is 139 Å². The maximum Gasteiger partial charge on any atom is 0.253 e. The monoisotopic (exact) mass is 340 g/mol. The Hall–Kier alpha value is -1.75. The van der Waals surface area contributed by atoms with Crippen LogP contribution >= 0.6 is 0 Å². The molecule has 6 nitrogen and oxygen atoms in total. The molecule has 0 bridgehead atoms. The molecule has 2 aliphatic heterocycles. The van der Waals surface area contributed by atoms with Gasteiger partial charge in [0, 0.05) is 36.8 Å². The molecule has 0 aromatic carbocycles. The molecule has 2 saturated heterocycles. The number of piperidine rings is 1. The van der Waals surface area contributed by atoms with Gasteiger partial charge in [-0.3, -0.25) is 9.59 Å². The highest BCUT2D eigenvalue weighted by Crippen LogP contribution is 2.64. The molecule has 3 unspecified atom stereocenters. The number of hydrogen-bond donors (Lipinski definition) is 3. The summed E-state index contributed by atoms with van der Waals surface area (Å²) in [6, 6.07) is 1.39. The quantitative estimate of drug-likeness (QED) is 0.694. The number of alkyl halides is 2. The molecule has 0 radical (unpaired) electrons. The highest BCUT2D eigenvalue weighted by Gasteiger charge is 2.69. The normalized spacial score (nSPS) is 38.9. The summed E-state index contributed by atoms with van der Waals surface area (Å²) in [5.41, 5.74) is 4.50. The van der Waals surface area contributed by atoms with Crippen molar-refractivity contribution in [2.75, 3.05) is 13.1 Å². The van der Waals surface area contributed by atoms with Gasteiger partial charge in [0.15, 0.2) is 0 Å². The van der Waals surface area contributed by atoms with Crippen molar-refractivity contribution in [3.8, 4) is 6.07 Å². The molecular weight excluding hydrogens is 318 g/mol. The third-order valence-corrected chi connectivity index (χ3v) is 5.86. The van der Waals surface area contributed by atoms with Gasteiger partial charge in [-0.2, -0.15) is 5.26 Å². The van der Waals surface area contributed by atoms with Crippen LogP contribution in [0.5, 0.6) is 0 Å². The molecule has 4 N–H and O–H groups in total. The molecule has 24 heavy (non-hydrogen) atoms. The molecule has 1 spiro atoms. The first kappa shape index (κ1) is 17.1. The predicted molar refractivity (Wildman–Crippen MR) is 80.5 cm³/mol. The van der Waals surface area contributed by atoms with Gasteiger partial charge in [-0.25, -0.2) is 8.78 Å². The molecule has 2 heterocycles. The molecular formula is C16H22F2N4O2. The molecule has 1 aliphatic carbocycles. The van der Waals surface area contributed by atoms with Crippen LogP contribution in [-0.2, 0) is 9.59 Å². The molecule has 0 aromatic heterocycles. The van der Waals surface area contributed by atoms with Crippen LogP contribution < -0.4 is 16.4 Å². The Bertz CT molecular complexity index is 591. The van der Waals surface area contributed by atoms with Crippen molar-refractivity contribution in [2.24, 2.45) is 28.9 Å². The van der Waals surface area contributed by atoms with Crippen LogP contribution in [0.1, 0.15) is 32.1 Å². The van der Waals surface area contributed by atoms with E-state index in [-0.39, 0.29) is 31.7 Å². The fourth-order valence-corrected chi connectivity index (χ4v) is 4.81. The van der Waals surface area contributed by atoms with Crippen LogP contribution in [0, 0.1) is 34.5 Å². The van der Waals surface area contributed by atoms with Gasteiger partial charge in [-0.1, -0.05) is 0 Å². The van der Waals surface area contributed by atoms with Gasteiger partial charge >= 0.3 is 0 Å². The molecule has 1 saturated carbocycles. The number of primary amides is 1.